The first kappa shape index (κ1) is 14.8. The van der Waals surface area contributed by atoms with Crippen LogP contribution in [0.3, 0.4) is 0 Å². The van der Waals surface area contributed by atoms with E-state index in [-0.39, 0.29) is 5.97 Å². The van der Waals surface area contributed by atoms with Gasteiger partial charge in [-0.2, -0.15) is 0 Å². The molecule has 0 aromatic carbocycles. The van der Waals surface area contributed by atoms with Crippen LogP contribution in [-0.4, -0.2) is 44.2 Å². The molecule has 2 heterocycles. The summed E-state index contributed by atoms with van der Waals surface area (Å²) in [6.45, 7) is 5.28. The Morgan fingerprint density at radius 2 is 2.40 bits per heavy atom. The molecule has 1 aliphatic heterocycles. The van der Waals surface area contributed by atoms with Crippen LogP contribution in [0.15, 0.2) is 18.3 Å². The van der Waals surface area contributed by atoms with Crippen molar-refractivity contribution in [2.75, 3.05) is 38.2 Å². The van der Waals surface area contributed by atoms with Gasteiger partial charge in [-0.05, 0) is 51.4 Å². The summed E-state index contributed by atoms with van der Waals surface area (Å²) >= 11 is 0. The molecule has 0 aliphatic carbocycles. The van der Waals surface area contributed by atoms with E-state index >= 15 is 0 Å². The molecule has 1 aliphatic rings. The van der Waals surface area contributed by atoms with Crippen molar-refractivity contribution in [3.8, 4) is 0 Å². The van der Waals surface area contributed by atoms with Crippen molar-refractivity contribution in [3.05, 3.63) is 23.9 Å². The lowest BCUT2D eigenvalue weighted by Gasteiger charge is -2.33. The first-order chi connectivity index (χ1) is 9.74. The van der Waals surface area contributed by atoms with Crippen LogP contribution in [0, 0.1) is 5.92 Å². The first-order valence-electron chi connectivity index (χ1n) is 7.27. The minimum atomic E-state index is -0.307. The third-order valence-electron chi connectivity index (χ3n) is 3.59. The monoisotopic (exact) mass is 277 g/mol. The maximum atomic E-state index is 11.6. The normalized spacial score (nSPS) is 18.9. The third-order valence-corrected chi connectivity index (χ3v) is 3.59. The number of ether oxygens (including phenoxy) is 1. The van der Waals surface area contributed by atoms with Gasteiger partial charge in [-0.15, -0.1) is 0 Å². The van der Waals surface area contributed by atoms with E-state index in [2.05, 4.69) is 15.2 Å². The largest absolute Gasteiger partial charge is 0.462 e. The van der Waals surface area contributed by atoms with E-state index in [9.17, 15) is 4.79 Å². The van der Waals surface area contributed by atoms with Gasteiger partial charge in [0.05, 0.1) is 12.2 Å². The number of anilines is 1. The Labute approximate surface area is 120 Å². The maximum absolute atomic E-state index is 11.6. The molecule has 0 spiro atoms. The molecule has 1 N–H and O–H groups in total. The average Bonchev–Trinajstić information content (AvgIpc) is 2.48. The van der Waals surface area contributed by atoms with Crippen molar-refractivity contribution in [3.63, 3.8) is 0 Å². The van der Waals surface area contributed by atoms with Crippen molar-refractivity contribution < 1.29 is 9.53 Å². The number of esters is 1. The highest BCUT2D eigenvalue weighted by Crippen LogP contribution is 2.21. The summed E-state index contributed by atoms with van der Waals surface area (Å²) in [4.78, 5) is 18.3. The minimum absolute atomic E-state index is 0.307. The van der Waals surface area contributed by atoms with E-state index in [1.807, 2.05) is 13.1 Å². The van der Waals surface area contributed by atoms with Gasteiger partial charge < -0.3 is 15.0 Å². The molecule has 1 unspecified atom stereocenters. The molecule has 1 atom stereocenters. The van der Waals surface area contributed by atoms with Crippen molar-refractivity contribution in [2.45, 2.75) is 19.8 Å². The summed E-state index contributed by atoms with van der Waals surface area (Å²) in [5.74, 6) is 1.30. The first-order valence-corrected chi connectivity index (χ1v) is 7.27. The second-order valence-electron chi connectivity index (χ2n) is 5.14. The SMILES string of the molecule is CCOC(=O)c1ccc(N2CCCC(CNC)C2)nc1. The molecular formula is C15H23N3O2. The van der Waals surface area contributed by atoms with Gasteiger partial charge in [0, 0.05) is 19.3 Å². The third kappa shape index (κ3) is 3.70. The van der Waals surface area contributed by atoms with Gasteiger partial charge in [-0.25, -0.2) is 9.78 Å². The second kappa shape index (κ2) is 7.24. The van der Waals surface area contributed by atoms with E-state index in [1.165, 1.54) is 12.8 Å². The molecular weight excluding hydrogens is 254 g/mol. The fourth-order valence-electron chi connectivity index (χ4n) is 2.64. The summed E-state index contributed by atoms with van der Waals surface area (Å²) in [7, 11) is 1.99. The molecule has 2 rings (SSSR count). The number of rotatable bonds is 5. The Morgan fingerprint density at radius 1 is 1.55 bits per heavy atom. The van der Waals surface area contributed by atoms with Crippen molar-refractivity contribution in [1.29, 1.82) is 0 Å². The van der Waals surface area contributed by atoms with E-state index in [0.717, 1.165) is 25.5 Å². The van der Waals surface area contributed by atoms with Crippen LogP contribution in [0.25, 0.3) is 0 Å². The quantitative estimate of drug-likeness (QED) is 0.830. The molecule has 0 bridgehead atoms. The van der Waals surface area contributed by atoms with E-state index < -0.39 is 0 Å². The zero-order valence-electron chi connectivity index (χ0n) is 12.3. The summed E-state index contributed by atoms with van der Waals surface area (Å²) in [6, 6.07) is 3.70. The highest BCUT2D eigenvalue weighted by atomic mass is 16.5. The Kier molecular flexibility index (Phi) is 5.35. The van der Waals surface area contributed by atoms with Gasteiger partial charge in [0.1, 0.15) is 5.82 Å². The number of hydrogen-bond acceptors (Lipinski definition) is 5. The predicted molar refractivity (Wildman–Crippen MR) is 79.1 cm³/mol. The Balaban J connectivity index is 2.00. The summed E-state index contributed by atoms with van der Waals surface area (Å²) in [5.41, 5.74) is 0.513. The standard InChI is InChI=1S/C15H23N3O2/c1-3-20-15(19)13-6-7-14(17-10-13)18-8-4-5-12(11-18)9-16-2/h6-7,10,12,16H,3-5,8-9,11H2,1-2H3. The Hall–Kier alpha value is -1.62. The van der Waals surface area contributed by atoms with Crippen molar-refractivity contribution >= 4 is 11.8 Å². The number of nitrogens with zero attached hydrogens (tertiary/aromatic N) is 2. The molecule has 5 heteroatoms. The number of pyridine rings is 1. The highest BCUT2D eigenvalue weighted by molar-refractivity contribution is 5.89. The smallest absolute Gasteiger partial charge is 0.339 e. The van der Waals surface area contributed by atoms with Crippen LogP contribution in [0.5, 0.6) is 0 Å². The lowest BCUT2D eigenvalue weighted by molar-refractivity contribution is 0.0526. The van der Waals surface area contributed by atoms with Crippen LogP contribution in [-0.2, 0) is 4.74 Å². The fraction of sp³-hybridized carbons (Fsp3) is 0.600. The van der Waals surface area contributed by atoms with E-state index in [1.54, 1.807) is 19.2 Å². The van der Waals surface area contributed by atoms with Gasteiger partial charge in [0.25, 0.3) is 0 Å². The van der Waals surface area contributed by atoms with Gasteiger partial charge in [-0.3, -0.25) is 0 Å². The molecule has 1 aromatic heterocycles. The molecule has 0 radical (unpaired) electrons. The highest BCUT2D eigenvalue weighted by Gasteiger charge is 2.20. The molecule has 0 amide bonds. The number of piperidine rings is 1. The zero-order chi connectivity index (χ0) is 14.4. The topological polar surface area (TPSA) is 54.5 Å². The summed E-state index contributed by atoms with van der Waals surface area (Å²) in [6.07, 6.45) is 4.06. The molecule has 0 saturated carbocycles. The van der Waals surface area contributed by atoms with Crippen LogP contribution in [0.2, 0.25) is 0 Å². The number of carbonyl (C=O) groups is 1. The van der Waals surface area contributed by atoms with Gasteiger partial charge >= 0.3 is 5.97 Å². The lowest BCUT2D eigenvalue weighted by Crippen LogP contribution is -2.39. The number of aromatic nitrogens is 1. The Morgan fingerprint density at radius 3 is 3.05 bits per heavy atom. The molecule has 1 aromatic rings. The Bertz CT molecular complexity index is 431. The van der Waals surface area contributed by atoms with Crippen LogP contribution in [0.4, 0.5) is 5.82 Å². The molecule has 110 valence electrons. The van der Waals surface area contributed by atoms with Crippen LogP contribution < -0.4 is 10.2 Å². The zero-order valence-corrected chi connectivity index (χ0v) is 12.3. The molecule has 5 nitrogen and oxygen atoms in total. The number of carbonyl (C=O) groups excluding carboxylic acids is 1. The van der Waals surface area contributed by atoms with Gasteiger partial charge in [0.15, 0.2) is 0 Å². The van der Waals surface area contributed by atoms with E-state index in [0.29, 0.717) is 18.1 Å². The molecule has 20 heavy (non-hydrogen) atoms. The molecule has 1 saturated heterocycles. The number of nitrogens with one attached hydrogen (secondary N) is 1. The molecule has 1 fully saturated rings. The lowest BCUT2D eigenvalue weighted by atomic mass is 9.98. The summed E-state index contributed by atoms with van der Waals surface area (Å²) < 4.78 is 4.96. The average molecular weight is 277 g/mol. The van der Waals surface area contributed by atoms with Crippen LogP contribution in [0.1, 0.15) is 30.1 Å². The fourth-order valence-corrected chi connectivity index (χ4v) is 2.64. The van der Waals surface area contributed by atoms with Gasteiger partial charge in [-0.1, -0.05) is 0 Å². The van der Waals surface area contributed by atoms with Gasteiger partial charge in [0.2, 0.25) is 0 Å². The van der Waals surface area contributed by atoms with E-state index in [4.69, 9.17) is 4.74 Å². The number of hydrogen-bond donors (Lipinski definition) is 1. The minimum Gasteiger partial charge on any atom is -0.462 e. The second-order valence-corrected chi connectivity index (χ2v) is 5.14. The van der Waals surface area contributed by atoms with Crippen molar-refractivity contribution in [1.82, 2.24) is 10.3 Å². The summed E-state index contributed by atoms with van der Waals surface area (Å²) in [5, 5.41) is 3.24. The predicted octanol–water partition coefficient (Wildman–Crippen LogP) is 1.69. The van der Waals surface area contributed by atoms with Crippen molar-refractivity contribution in [2.24, 2.45) is 5.92 Å². The van der Waals surface area contributed by atoms with Crippen LogP contribution >= 0.6 is 0 Å². The maximum Gasteiger partial charge on any atom is 0.339 e.